The van der Waals surface area contributed by atoms with Crippen molar-refractivity contribution in [2.24, 2.45) is 0 Å². The van der Waals surface area contributed by atoms with Crippen LogP contribution in [0.4, 0.5) is 4.39 Å². The first-order valence-corrected chi connectivity index (χ1v) is 7.05. The van der Waals surface area contributed by atoms with Gasteiger partial charge >= 0.3 is 0 Å². The van der Waals surface area contributed by atoms with Crippen LogP contribution in [0.2, 0.25) is 0 Å². The molecule has 0 spiro atoms. The number of benzene rings is 2. The van der Waals surface area contributed by atoms with Gasteiger partial charge in [0, 0.05) is 28.7 Å². The van der Waals surface area contributed by atoms with E-state index in [1.54, 1.807) is 18.2 Å². The summed E-state index contributed by atoms with van der Waals surface area (Å²) in [6, 6.07) is 12.0. The van der Waals surface area contributed by atoms with Gasteiger partial charge in [-0.3, -0.25) is 0 Å². The Morgan fingerprint density at radius 1 is 1.14 bits per heavy atom. The number of fused-ring (bicyclic) bond motifs is 3. The summed E-state index contributed by atoms with van der Waals surface area (Å²) >= 11 is 0. The van der Waals surface area contributed by atoms with Gasteiger partial charge in [0.1, 0.15) is 11.6 Å². The van der Waals surface area contributed by atoms with Crippen molar-refractivity contribution in [3.8, 4) is 5.75 Å². The van der Waals surface area contributed by atoms with Crippen LogP contribution < -0.4 is 5.32 Å². The third-order valence-corrected chi connectivity index (χ3v) is 4.16. The summed E-state index contributed by atoms with van der Waals surface area (Å²) in [4.78, 5) is 3.38. The van der Waals surface area contributed by atoms with Crippen LogP contribution in [0.25, 0.3) is 10.9 Å². The van der Waals surface area contributed by atoms with Gasteiger partial charge in [-0.1, -0.05) is 18.2 Å². The number of aromatic hydroxyl groups is 1. The second-order valence-corrected chi connectivity index (χ2v) is 5.40. The van der Waals surface area contributed by atoms with Crippen LogP contribution in [-0.2, 0) is 6.42 Å². The molecule has 1 unspecified atom stereocenters. The molecule has 2 aromatic carbocycles. The molecule has 0 bridgehead atoms. The van der Waals surface area contributed by atoms with Gasteiger partial charge in [0.2, 0.25) is 0 Å². The van der Waals surface area contributed by atoms with Crippen LogP contribution in [0, 0.1) is 5.82 Å². The largest absolute Gasteiger partial charge is 0.508 e. The third-order valence-electron chi connectivity index (χ3n) is 4.16. The maximum Gasteiger partial charge on any atom is 0.123 e. The Morgan fingerprint density at radius 3 is 2.77 bits per heavy atom. The quantitative estimate of drug-likeness (QED) is 0.641. The molecule has 0 saturated heterocycles. The molecule has 2 heterocycles. The van der Waals surface area contributed by atoms with Gasteiger partial charge in [-0.15, -0.1) is 12.4 Å². The Labute approximate surface area is 133 Å². The van der Waals surface area contributed by atoms with Crippen molar-refractivity contribution in [1.29, 1.82) is 0 Å². The summed E-state index contributed by atoms with van der Waals surface area (Å²) in [6.07, 6.45) is 0.850. The molecule has 3 aromatic rings. The number of para-hydroxylation sites is 1. The molecule has 1 atom stereocenters. The highest BCUT2D eigenvalue weighted by molar-refractivity contribution is 5.86. The van der Waals surface area contributed by atoms with Gasteiger partial charge in [-0.2, -0.15) is 0 Å². The minimum absolute atomic E-state index is 0. The molecule has 4 rings (SSSR count). The Morgan fingerprint density at radius 2 is 1.95 bits per heavy atom. The second kappa shape index (κ2) is 5.63. The molecule has 3 nitrogen and oxygen atoms in total. The molecule has 0 saturated carbocycles. The summed E-state index contributed by atoms with van der Waals surface area (Å²) in [7, 11) is 0. The van der Waals surface area contributed by atoms with E-state index in [0.29, 0.717) is 0 Å². The van der Waals surface area contributed by atoms with Gasteiger partial charge in [-0.25, -0.2) is 4.39 Å². The Hall–Kier alpha value is -2.04. The lowest BCUT2D eigenvalue weighted by atomic mass is 9.94. The molecule has 0 amide bonds. The molecule has 0 radical (unpaired) electrons. The SMILES string of the molecule is Cl.Oc1ccccc1C1NCCc2c1[nH]c1ccc(F)cc21. The highest BCUT2D eigenvalue weighted by atomic mass is 35.5. The van der Waals surface area contributed by atoms with Crippen molar-refractivity contribution in [1.82, 2.24) is 10.3 Å². The predicted molar refractivity (Wildman–Crippen MR) is 87.2 cm³/mol. The first kappa shape index (κ1) is 14.9. The average Bonchev–Trinajstić information content (AvgIpc) is 2.86. The van der Waals surface area contributed by atoms with E-state index in [2.05, 4.69) is 10.3 Å². The Bertz CT molecular complexity index is 831. The van der Waals surface area contributed by atoms with Crippen molar-refractivity contribution in [3.05, 3.63) is 65.1 Å². The number of nitrogens with one attached hydrogen (secondary N) is 2. The second-order valence-electron chi connectivity index (χ2n) is 5.40. The van der Waals surface area contributed by atoms with E-state index < -0.39 is 0 Å². The molecular weight excluding hydrogens is 303 g/mol. The highest BCUT2D eigenvalue weighted by Crippen LogP contribution is 2.36. The lowest BCUT2D eigenvalue weighted by molar-refractivity contribution is 0.452. The van der Waals surface area contributed by atoms with E-state index >= 15 is 0 Å². The third kappa shape index (κ3) is 2.25. The Kier molecular flexibility index (Phi) is 3.81. The zero-order valence-corrected chi connectivity index (χ0v) is 12.6. The molecular formula is C17H16ClFN2O. The molecule has 1 aromatic heterocycles. The zero-order chi connectivity index (χ0) is 14.4. The molecule has 3 N–H and O–H groups in total. The fourth-order valence-corrected chi connectivity index (χ4v) is 3.20. The van der Waals surface area contributed by atoms with Crippen LogP contribution in [0.15, 0.2) is 42.5 Å². The zero-order valence-electron chi connectivity index (χ0n) is 11.8. The van der Waals surface area contributed by atoms with Crippen molar-refractivity contribution >= 4 is 23.3 Å². The molecule has 5 heteroatoms. The maximum absolute atomic E-state index is 13.5. The van der Waals surface area contributed by atoms with E-state index in [1.807, 2.05) is 18.2 Å². The number of phenols is 1. The highest BCUT2D eigenvalue weighted by Gasteiger charge is 2.26. The van der Waals surface area contributed by atoms with E-state index in [0.717, 1.165) is 40.7 Å². The topological polar surface area (TPSA) is 48.0 Å². The van der Waals surface area contributed by atoms with Crippen molar-refractivity contribution in [2.75, 3.05) is 6.54 Å². The van der Waals surface area contributed by atoms with E-state index in [4.69, 9.17) is 0 Å². The van der Waals surface area contributed by atoms with Gasteiger partial charge < -0.3 is 15.4 Å². The van der Waals surface area contributed by atoms with Crippen LogP contribution >= 0.6 is 12.4 Å². The number of hydrogen-bond donors (Lipinski definition) is 3. The van der Waals surface area contributed by atoms with Crippen LogP contribution in [0.3, 0.4) is 0 Å². The molecule has 22 heavy (non-hydrogen) atoms. The normalized spacial score (nSPS) is 17.0. The van der Waals surface area contributed by atoms with Gasteiger partial charge in [-0.05, 0) is 36.2 Å². The number of halogens is 2. The molecule has 1 aliphatic rings. The van der Waals surface area contributed by atoms with Crippen LogP contribution in [0.5, 0.6) is 5.75 Å². The molecule has 0 aliphatic carbocycles. The molecule has 114 valence electrons. The molecule has 1 aliphatic heterocycles. The number of H-pyrrole nitrogens is 1. The summed E-state index contributed by atoms with van der Waals surface area (Å²) < 4.78 is 13.5. The van der Waals surface area contributed by atoms with E-state index in [9.17, 15) is 9.50 Å². The number of phenolic OH excluding ortho intramolecular Hbond substituents is 1. The Balaban J connectivity index is 0.00000144. The summed E-state index contributed by atoms with van der Waals surface area (Å²) in [5.41, 5.74) is 3.93. The number of hydrogen-bond acceptors (Lipinski definition) is 2. The van der Waals surface area contributed by atoms with Gasteiger partial charge in [0.05, 0.1) is 6.04 Å². The fraction of sp³-hybridized carbons (Fsp3) is 0.176. The lowest BCUT2D eigenvalue weighted by Crippen LogP contribution is -2.30. The minimum Gasteiger partial charge on any atom is -0.508 e. The minimum atomic E-state index is -0.220. The van der Waals surface area contributed by atoms with Crippen LogP contribution in [0.1, 0.15) is 22.9 Å². The van der Waals surface area contributed by atoms with Crippen molar-refractivity contribution in [2.45, 2.75) is 12.5 Å². The summed E-state index contributed by atoms with van der Waals surface area (Å²) in [6.45, 7) is 0.801. The van der Waals surface area contributed by atoms with Gasteiger partial charge in [0.15, 0.2) is 0 Å². The van der Waals surface area contributed by atoms with E-state index in [1.165, 1.54) is 6.07 Å². The van der Waals surface area contributed by atoms with Crippen molar-refractivity contribution in [3.63, 3.8) is 0 Å². The van der Waals surface area contributed by atoms with Crippen molar-refractivity contribution < 1.29 is 9.50 Å². The monoisotopic (exact) mass is 318 g/mol. The van der Waals surface area contributed by atoms with E-state index in [-0.39, 0.29) is 30.0 Å². The first-order chi connectivity index (χ1) is 10.2. The maximum atomic E-state index is 13.5. The van der Waals surface area contributed by atoms with Crippen LogP contribution in [-0.4, -0.2) is 16.6 Å². The standard InChI is InChI=1S/C17H15FN2O.ClH/c18-10-5-6-14-13(9-10)11-7-8-19-16(17(11)20-14)12-3-1-2-4-15(12)21;/h1-6,9,16,19-21H,7-8H2;1H. The fourth-order valence-electron chi connectivity index (χ4n) is 3.20. The number of aromatic amines is 1. The smallest absolute Gasteiger partial charge is 0.123 e. The number of rotatable bonds is 1. The molecule has 0 fully saturated rings. The summed E-state index contributed by atoms with van der Waals surface area (Å²) in [5, 5.41) is 14.5. The predicted octanol–water partition coefficient (Wildman–Crippen LogP) is 3.67. The first-order valence-electron chi connectivity index (χ1n) is 7.05. The number of aromatic nitrogens is 1. The van der Waals surface area contributed by atoms with Gasteiger partial charge in [0.25, 0.3) is 0 Å². The average molecular weight is 319 g/mol. The lowest BCUT2D eigenvalue weighted by Gasteiger charge is -2.25. The summed E-state index contributed by atoms with van der Waals surface area (Å²) in [5.74, 6) is 0.0506.